The quantitative estimate of drug-likeness (QED) is 0.268. The Labute approximate surface area is 211 Å². The zero-order chi connectivity index (χ0) is 27.7. The highest BCUT2D eigenvalue weighted by Gasteiger charge is 2.29. The molecule has 0 aliphatic rings. The van der Waals surface area contributed by atoms with Gasteiger partial charge in [0.1, 0.15) is 16.7 Å². The van der Waals surface area contributed by atoms with Crippen LogP contribution in [0.2, 0.25) is 0 Å². The van der Waals surface area contributed by atoms with Crippen molar-refractivity contribution in [3.63, 3.8) is 0 Å². The number of rotatable bonds is 6. The molecule has 11 nitrogen and oxygen atoms in total. The molecule has 3 aromatic rings. The number of hydrogen-bond acceptors (Lipinski definition) is 11. The van der Waals surface area contributed by atoms with Gasteiger partial charge in [-0.3, -0.25) is 14.6 Å². The second-order valence-electron chi connectivity index (χ2n) is 10.2. The lowest BCUT2D eigenvalue weighted by Crippen LogP contribution is -2.25. The van der Waals surface area contributed by atoms with E-state index in [2.05, 4.69) is 0 Å². The summed E-state index contributed by atoms with van der Waals surface area (Å²) in [4.78, 5) is 58.0. The maximum Gasteiger partial charge on any atom is 0.360 e. The van der Waals surface area contributed by atoms with Crippen LogP contribution in [0.3, 0.4) is 0 Å². The highest BCUT2D eigenvalue weighted by atomic mass is 17.2. The molecule has 1 heterocycles. The third kappa shape index (κ3) is 5.88. The van der Waals surface area contributed by atoms with Gasteiger partial charge in [-0.2, -0.15) is 0 Å². The number of fused-ring (bicyclic) bond motifs is 1. The summed E-state index contributed by atoms with van der Waals surface area (Å²) in [7, 11) is 1.30. The van der Waals surface area contributed by atoms with Gasteiger partial charge in [0.2, 0.25) is 5.43 Å². The number of methoxy groups -OCH3 is 1. The Morgan fingerprint density at radius 3 is 1.97 bits per heavy atom. The van der Waals surface area contributed by atoms with Crippen LogP contribution in [-0.4, -0.2) is 29.3 Å². The molecule has 0 amide bonds. The van der Waals surface area contributed by atoms with Crippen molar-refractivity contribution in [2.45, 2.75) is 41.5 Å². The molecule has 0 saturated heterocycles. The number of phenols is 2. The Balaban J connectivity index is 2.20. The molecule has 2 N–H and O–H groups in total. The molecule has 198 valence electrons. The highest BCUT2D eigenvalue weighted by molar-refractivity contribution is 5.89. The fraction of sp³-hybridized carbons (Fsp3) is 0.346. The molecule has 1 aromatic heterocycles. The Hall–Kier alpha value is -4.41. The van der Waals surface area contributed by atoms with E-state index in [0.29, 0.717) is 0 Å². The van der Waals surface area contributed by atoms with Crippen LogP contribution < -0.4 is 19.9 Å². The molecule has 0 radical (unpaired) electrons. The third-order valence-electron chi connectivity index (χ3n) is 4.99. The summed E-state index contributed by atoms with van der Waals surface area (Å²) in [5.41, 5.74) is -2.51. The minimum atomic E-state index is -0.942. The van der Waals surface area contributed by atoms with E-state index in [1.54, 1.807) is 41.5 Å². The summed E-state index contributed by atoms with van der Waals surface area (Å²) in [6, 6.07) is 6.23. The van der Waals surface area contributed by atoms with Gasteiger partial charge in [0.05, 0.1) is 17.9 Å². The lowest BCUT2D eigenvalue weighted by atomic mass is 9.98. The van der Waals surface area contributed by atoms with Gasteiger partial charge < -0.3 is 19.4 Å². The first kappa shape index (κ1) is 27.2. The summed E-state index contributed by atoms with van der Waals surface area (Å²) in [5.74, 6) is -3.09. The summed E-state index contributed by atoms with van der Waals surface area (Å²) in [6.45, 7) is 9.72. The van der Waals surface area contributed by atoms with Gasteiger partial charge in [-0.25, -0.2) is 19.4 Å². The largest absolute Gasteiger partial charge is 0.504 e. The maximum atomic E-state index is 13.5. The number of aromatic hydroxyl groups is 2. The second kappa shape index (κ2) is 9.92. The Bertz CT molecular complexity index is 1410. The van der Waals surface area contributed by atoms with E-state index in [4.69, 9.17) is 28.7 Å². The molecule has 0 fully saturated rings. The Kier molecular flexibility index (Phi) is 7.29. The molecular formula is C26H28O11. The zero-order valence-electron chi connectivity index (χ0n) is 21.5. The summed E-state index contributed by atoms with van der Waals surface area (Å²) >= 11 is 0. The zero-order valence-corrected chi connectivity index (χ0v) is 21.5. The van der Waals surface area contributed by atoms with Crippen molar-refractivity contribution in [3.8, 4) is 40.1 Å². The predicted octanol–water partition coefficient (Wildman–Crippen LogP) is 4.65. The van der Waals surface area contributed by atoms with E-state index in [0.717, 1.165) is 6.07 Å². The number of carbonyl (C=O) groups is 2. The van der Waals surface area contributed by atoms with Crippen molar-refractivity contribution in [3.05, 3.63) is 40.6 Å². The second-order valence-corrected chi connectivity index (χ2v) is 10.2. The fourth-order valence-electron chi connectivity index (χ4n) is 2.80. The van der Waals surface area contributed by atoms with Crippen LogP contribution >= 0.6 is 0 Å². The van der Waals surface area contributed by atoms with E-state index >= 15 is 0 Å². The van der Waals surface area contributed by atoms with Gasteiger partial charge in [-0.05, 0) is 59.7 Å². The number of hydrogen-bond donors (Lipinski definition) is 2. The standard InChI is InChI=1S/C26H28O11/c1-25(2,3)23(30)36-34-14-11-17(32-7)19-18(12-14)33-21(13-8-9-15(27)16(28)10-13)22(20(19)29)35-37-24(31)26(4,5)6/h8-12,27-28H,1-7H3. The van der Waals surface area contributed by atoms with Crippen molar-refractivity contribution in [1.82, 2.24) is 0 Å². The van der Waals surface area contributed by atoms with Gasteiger partial charge in [0, 0.05) is 17.7 Å². The van der Waals surface area contributed by atoms with Gasteiger partial charge >= 0.3 is 11.9 Å². The molecule has 3 rings (SSSR count). The van der Waals surface area contributed by atoms with Gasteiger partial charge in [-0.1, -0.05) is 0 Å². The lowest BCUT2D eigenvalue weighted by Gasteiger charge is -2.17. The van der Waals surface area contributed by atoms with Crippen LogP contribution in [0.1, 0.15) is 41.5 Å². The molecular weight excluding hydrogens is 488 g/mol. The van der Waals surface area contributed by atoms with Gasteiger partial charge in [-0.15, -0.1) is 0 Å². The van der Waals surface area contributed by atoms with Crippen LogP contribution in [0, 0.1) is 10.8 Å². The first-order valence-corrected chi connectivity index (χ1v) is 11.1. The van der Waals surface area contributed by atoms with Crippen molar-refractivity contribution < 1.29 is 48.5 Å². The molecule has 2 aromatic carbocycles. The van der Waals surface area contributed by atoms with Crippen LogP contribution in [0.25, 0.3) is 22.3 Å². The summed E-state index contributed by atoms with van der Waals surface area (Å²) in [6.07, 6.45) is 0. The molecule has 37 heavy (non-hydrogen) atoms. The van der Waals surface area contributed by atoms with Gasteiger partial charge in [0.15, 0.2) is 23.0 Å². The Morgan fingerprint density at radius 2 is 1.43 bits per heavy atom. The average molecular weight is 516 g/mol. The lowest BCUT2D eigenvalue weighted by molar-refractivity contribution is -0.223. The molecule has 0 aliphatic heterocycles. The van der Waals surface area contributed by atoms with E-state index in [-0.39, 0.29) is 33.8 Å². The number of carbonyl (C=O) groups excluding carboxylic acids is 2. The van der Waals surface area contributed by atoms with Gasteiger partial charge in [0.25, 0.3) is 5.75 Å². The first-order chi connectivity index (χ1) is 17.1. The minimum absolute atomic E-state index is 0.0137. The first-order valence-electron chi connectivity index (χ1n) is 11.1. The average Bonchev–Trinajstić information content (AvgIpc) is 2.81. The molecule has 0 saturated carbocycles. The van der Waals surface area contributed by atoms with Crippen LogP contribution in [0.4, 0.5) is 0 Å². The number of benzene rings is 2. The summed E-state index contributed by atoms with van der Waals surface area (Å²) in [5, 5.41) is 19.6. The molecule has 0 unspecified atom stereocenters. The maximum absolute atomic E-state index is 13.5. The van der Waals surface area contributed by atoms with Crippen molar-refractivity contribution in [2.24, 2.45) is 10.8 Å². The molecule has 11 heteroatoms. The third-order valence-corrected chi connectivity index (χ3v) is 4.99. The van der Waals surface area contributed by atoms with Crippen molar-refractivity contribution in [1.29, 1.82) is 0 Å². The van der Waals surface area contributed by atoms with Crippen LogP contribution in [0.5, 0.6) is 28.7 Å². The molecule has 0 aliphatic carbocycles. The fourth-order valence-corrected chi connectivity index (χ4v) is 2.80. The van der Waals surface area contributed by atoms with E-state index < -0.39 is 45.4 Å². The van der Waals surface area contributed by atoms with Crippen molar-refractivity contribution in [2.75, 3.05) is 7.11 Å². The smallest absolute Gasteiger partial charge is 0.360 e. The SMILES string of the molecule is COc1cc(OOC(=O)C(C)(C)C)cc2oc(-c3ccc(O)c(O)c3)c(OOC(=O)C(C)(C)C)c(=O)c12. The van der Waals surface area contributed by atoms with E-state index in [1.165, 1.54) is 31.4 Å². The predicted molar refractivity (Wildman–Crippen MR) is 130 cm³/mol. The monoisotopic (exact) mass is 516 g/mol. The summed E-state index contributed by atoms with van der Waals surface area (Å²) < 4.78 is 11.2. The highest BCUT2D eigenvalue weighted by Crippen LogP contribution is 2.39. The Morgan fingerprint density at radius 1 is 0.838 bits per heavy atom. The number of phenolic OH excluding ortho intramolecular Hbond substituents is 2. The van der Waals surface area contributed by atoms with Crippen LogP contribution in [-0.2, 0) is 19.4 Å². The topological polar surface area (TPSA) is 151 Å². The van der Waals surface area contributed by atoms with E-state index in [1.807, 2.05) is 0 Å². The van der Waals surface area contributed by atoms with Crippen LogP contribution in [0.15, 0.2) is 39.5 Å². The minimum Gasteiger partial charge on any atom is -0.504 e. The number of ether oxygens (including phenoxy) is 1. The van der Waals surface area contributed by atoms with Crippen molar-refractivity contribution >= 4 is 22.9 Å². The molecule has 0 bridgehead atoms. The van der Waals surface area contributed by atoms with E-state index in [9.17, 15) is 24.6 Å². The molecule has 0 atom stereocenters. The molecule has 0 spiro atoms. The normalized spacial score (nSPS) is 11.6.